The molecule has 24 heavy (non-hydrogen) atoms. The number of carbonyl (C=O) groups is 1. The van der Waals surface area contributed by atoms with Gasteiger partial charge in [-0.25, -0.2) is 4.79 Å². The molecule has 1 aromatic heterocycles. The van der Waals surface area contributed by atoms with Gasteiger partial charge in [0.25, 0.3) is 0 Å². The van der Waals surface area contributed by atoms with Crippen LogP contribution >= 0.6 is 11.3 Å². The Hall–Kier alpha value is -2.39. The third kappa shape index (κ3) is 3.13. The number of rotatable bonds is 5. The van der Waals surface area contributed by atoms with E-state index in [1.54, 1.807) is 11.3 Å². The molecular weight excluding hydrogens is 316 g/mol. The first-order valence-corrected chi connectivity index (χ1v) is 9.11. The van der Waals surface area contributed by atoms with Gasteiger partial charge in [0.05, 0.1) is 12.2 Å². The summed E-state index contributed by atoms with van der Waals surface area (Å²) in [6.07, 6.45) is 0.977. The molecule has 0 bridgehead atoms. The summed E-state index contributed by atoms with van der Waals surface area (Å²) in [5.41, 5.74) is 6.35. The molecule has 0 atom stereocenters. The van der Waals surface area contributed by atoms with E-state index in [9.17, 15) is 4.79 Å². The summed E-state index contributed by atoms with van der Waals surface area (Å²) in [5, 5.41) is 4.27. The van der Waals surface area contributed by atoms with Crippen LogP contribution in [0.25, 0.3) is 22.3 Å². The molecule has 3 heteroatoms. The summed E-state index contributed by atoms with van der Waals surface area (Å²) in [6, 6.07) is 16.1. The van der Waals surface area contributed by atoms with Crippen LogP contribution in [0, 0.1) is 0 Å². The molecule has 0 aliphatic rings. The largest absolute Gasteiger partial charge is 0.462 e. The molecular formula is C21H20O2S. The Morgan fingerprint density at radius 1 is 0.875 bits per heavy atom. The third-order valence-corrected chi connectivity index (χ3v) is 4.81. The van der Waals surface area contributed by atoms with Crippen molar-refractivity contribution in [2.24, 2.45) is 0 Å². The minimum atomic E-state index is -0.269. The second kappa shape index (κ2) is 7.45. The van der Waals surface area contributed by atoms with Gasteiger partial charge in [0, 0.05) is 11.1 Å². The van der Waals surface area contributed by atoms with Gasteiger partial charge < -0.3 is 4.74 Å². The first kappa shape index (κ1) is 16.5. The fraction of sp³-hybridized carbons (Fsp3) is 0.190. The number of carbonyl (C=O) groups excluding carboxylic acids is 1. The second-order valence-corrected chi connectivity index (χ2v) is 6.22. The molecule has 3 rings (SSSR count). The average molecular weight is 336 g/mol. The Labute approximate surface area is 146 Å². The maximum Gasteiger partial charge on any atom is 0.338 e. The van der Waals surface area contributed by atoms with E-state index in [-0.39, 0.29) is 5.97 Å². The lowest BCUT2D eigenvalue weighted by Crippen LogP contribution is -2.06. The lowest BCUT2D eigenvalue weighted by atomic mass is 9.92. The number of esters is 1. The number of thiophene rings is 1. The van der Waals surface area contributed by atoms with Gasteiger partial charge in [0.2, 0.25) is 0 Å². The van der Waals surface area contributed by atoms with Crippen molar-refractivity contribution in [1.29, 1.82) is 0 Å². The zero-order chi connectivity index (χ0) is 16.9. The van der Waals surface area contributed by atoms with Crippen LogP contribution in [-0.2, 0) is 11.2 Å². The van der Waals surface area contributed by atoms with Gasteiger partial charge in [-0.2, -0.15) is 11.3 Å². The Balaban J connectivity index is 2.14. The minimum Gasteiger partial charge on any atom is -0.462 e. The summed E-state index contributed by atoms with van der Waals surface area (Å²) < 4.78 is 5.22. The van der Waals surface area contributed by atoms with Crippen molar-refractivity contribution < 1.29 is 9.53 Å². The highest BCUT2D eigenvalue weighted by Crippen LogP contribution is 2.38. The third-order valence-electron chi connectivity index (χ3n) is 4.06. The summed E-state index contributed by atoms with van der Waals surface area (Å²) in [6.45, 7) is 4.37. The van der Waals surface area contributed by atoms with Crippen molar-refractivity contribution in [2.45, 2.75) is 20.3 Å². The molecule has 2 nitrogen and oxygen atoms in total. The highest BCUT2D eigenvalue weighted by atomic mass is 32.1. The Morgan fingerprint density at radius 3 is 2.21 bits per heavy atom. The van der Waals surface area contributed by atoms with Crippen LogP contribution in [0.15, 0.2) is 59.3 Å². The first-order valence-electron chi connectivity index (χ1n) is 8.17. The van der Waals surface area contributed by atoms with Gasteiger partial charge in [0.15, 0.2) is 0 Å². The lowest BCUT2D eigenvalue weighted by molar-refractivity contribution is 0.0527. The molecule has 122 valence electrons. The summed E-state index contributed by atoms with van der Waals surface area (Å²) in [7, 11) is 0. The average Bonchev–Trinajstić information content (AvgIpc) is 3.11. The number of aryl methyl sites for hydroxylation is 1. The Morgan fingerprint density at radius 2 is 1.50 bits per heavy atom. The minimum absolute atomic E-state index is 0.269. The number of ether oxygens (including phenoxy) is 1. The van der Waals surface area contributed by atoms with Gasteiger partial charge in [-0.15, -0.1) is 0 Å². The molecule has 0 amide bonds. The molecule has 0 N–H and O–H groups in total. The summed E-state index contributed by atoms with van der Waals surface area (Å²) >= 11 is 1.66. The summed E-state index contributed by atoms with van der Waals surface area (Å²) in [4.78, 5) is 12.3. The van der Waals surface area contributed by atoms with Crippen molar-refractivity contribution in [3.63, 3.8) is 0 Å². The first-order chi connectivity index (χ1) is 11.8. The van der Waals surface area contributed by atoms with Crippen molar-refractivity contribution in [2.75, 3.05) is 6.61 Å². The zero-order valence-corrected chi connectivity index (χ0v) is 14.7. The molecule has 0 radical (unpaired) electrons. The van der Waals surface area contributed by atoms with E-state index in [2.05, 4.69) is 41.9 Å². The number of benzene rings is 2. The van der Waals surface area contributed by atoms with Gasteiger partial charge >= 0.3 is 5.97 Å². The topological polar surface area (TPSA) is 26.3 Å². The Bertz CT molecular complexity index is 848. The fourth-order valence-electron chi connectivity index (χ4n) is 2.91. The predicted molar refractivity (Wildman–Crippen MR) is 101 cm³/mol. The van der Waals surface area contributed by atoms with Crippen LogP contribution in [0.5, 0.6) is 0 Å². The smallest absolute Gasteiger partial charge is 0.338 e. The van der Waals surface area contributed by atoms with Crippen molar-refractivity contribution >= 4 is 17.3 Å². The Kier molecular flexibility index (Phi) is 5.11. The van der Waals surface area contributed by atoms with Crippen LogP contribution < -0.4 is 0 Å². The molecule has 1 heterocycles. The van der Waals surface area contributed by atoms with Crippen LogP contribution in [0.2, 0.25) is 0 Å². The highest BCUT2D eigenvalue weighted by Gasteiger charge is 2.18. The van der Waals surface area contributed by atoms with Gasteiger partial charge in [-0.3, -0.25) is 0 Å². The molecule has 0 aliphatic carbocycles. The maximum atomic E-state index is 12.3. The number of hydrogen-bond donors (Lipinski definition) is 0. The quantitative estimate of drug-likeness (QED) is 0.549. The molecule has 0 aliphatic heterocycles. The monoisotopic (exact) mass is 336 g/mol. The van der Waals surface area contributed by atoms with Crippen LogP contribution in [-0.4, -0.2) is 12.6 Å². The molecule has 3 aromatic rings. The van der Waals surface area contributed by atoms with Crippen molar-refractivity contribution in [3.05, 3.63) is 70.4 Å². The van der Waals surface area contributed by atoms with E-state index in [0.29, 0.717) is 12.2 Å². The van der Waals surface area contributed by atoms with Crippen LogP contribution in [0.1, 0.15) is 29.8 Å². The van der Waals surface area contributed by atoms with E-state index < -0.39 is 0 Å². The SMILES string of the molecule is CCOC(=O)c1ccccc1-c1cscc1-c1ccccc1CC. The van der Waals surface area contributed by atoms with Gasteiger partial charge in [-0.05, 0) is 46.9 Å². The molecule has 2 aromatic carbocycles. The highest BCUT2D eigenvalue weighted by molar-refractivity contribution is 7.08. The predicted octanol–water partition coefficient (Wildman–Crippen LogP) is 5.82. The molecule has 0 spiro atoms. The molecule has 0 fully saturated rings. The van der Waals surface area contributed by atoms with E-state index in [1.165, 1.54) is 16.7 Å². The van der Waals surface area contributed by atoms with Gasteiger partial charge in [-0.1, -0.05) is 49.4 Å². The fourth-order valence-corrected chi connectivity index (χ4v) is 3.76. The van der Waals surface area contributed by atoms with E-state index >= 15 is 0 Å². The van der Waals surface area contributed by atoms with Crippen molar-refractivity contribution in [3.8, 4) is 22.3 Å². The zero-order valence-electron chi connectivity index (χ0n) is 13.9. The van der Waals surface area contributed by atoms with Crippen molar-refractivity contribution in [1.82, 2.24) is 0 Å². The number of hydrogen-bond acceptors (Lipinski definition) is 3. The van der Waals surface area contributed by atoms with Crippen LogP contribution in [0.4, 0.5) is 0 Å². The lowest BCUT2D eigenvalue weighted by Gasteiger charge is -2.12. The molecule has 0 saturated heterocycles. The second-order valence-electron chi connectivity index (χ2n) is 5.48. The van der Waals surface area contributed by atoms with E-state index in [0.717, 1.165) is 17.5 Å². The van der Waals surface area contributed by atoms with Gasteiger partial charge in [0.1, 0.15) is 0 Å². The maximum absolute atomic E-state index is 12.3. The molecule has 0 saturated carbocycles. The summed E-state index contributed by atoms with van der Waals surface area (Å²) in [5.74, 6) is -0.269. The standard InChI is InChI=1S/C21H20O2S/c1-3-15-9-5-6-10-16(15)19-13-24-14-20(19)17-11-7-8-12-18(17)21(22)23-4-2/h5-14H,3-4H2,1-2H3. The van der Waals surface area contributed by atoms with Crippen LogP contribution in [0.3, 0.4) is 0 Å². The van der Waals surface area contributed by atoms with E-state index in [1.807, 2.05) is 31.2 Å². The normalized spacial score (nSPS) is 10.6. The molecule has 0 unspecified atom stereocenters. The van der Waals surface area contributed by atoms with E-state index in [4.69, 9.17) is 4.74 Å².